The standard InChI is InChI=1S/C21H26ClN3O5/c22-18-10-17(20(11-19(18)23)30-6-5-26)21(29)24-14-1-3-25(4-2-14)12-13-7-15(27)9-16(28)8-13/h7-11,14,26-28H,1-6,12,23H2,(H,24,29). The summed E-state index contributed by atoms with van der Waals surface area (Å²) in [4.78, 5) is 15.0. The maximum absolute atomic E-state index is 12.8. The third-order valence-electron chi connectivity index (χ3n) is 4.98. The molecule has 0 aromatic heterocycles. The van der Waals surface area contributed by atoms with Crippen molar-refractivity contribution in [3.8, 4) is 17.2 Å². The number of nitrogen functional groups attached to an aromatic ring is 1. The summed E-state index contributed by atoms with van der Waals surface area (Å²) in [5.74, 6) is 0.0489. The van der Waals surface area contributed by atoms with Crippen LogP contribution in [0.15, 0.2) is 30.3 Å². The Balaban J connectivity index is 1.58. The lowest BCUT2D eigenvalue weighted by Gasteiger charge is -2.32. The van der Waals surface area contributed by atoms with Crippen LogP contribution in [0.2, 0.25) is 5.02 Å². The Bertz CT molecular complexity index is 880. The molecule has 1 heterocycles. The highest BCUT2D eigenvalue weighted by molar-refractivity contribution is 6.33. The van der Waals surface area contributed by atoms with E-state index in [0.29, 0.717) is 12.2 Å². The smallest absolute Gasteiger partial charge is 0.255 e. The molecule has 2 aromatic rings. The number of aromatic hydroxyl groups is 2. The van der Waals surface area contributed by atoms with Gasteiger partial charge in [-0.25, -0.2) is 0 Å². The maximum atomic E-state index is 12.8. The van der Waals surface area contributed by atoms with E-state index in [9.17, 15) is 15.0 Å². The van der Waals surface area contributed by atoms with Gasteiger partial charge in [0.1, 0.15) is 23.9 Å². The van der Waals surface area contributed by atoms with Gasteiger partial charge >= 0.3 is 0 Å². The summed E-state index contributed by atoms with van der Waals surface area (Å²) in [5, 5.41) is 31.5. The zero-order valence-corrected chi connectivity index (χ0v) is 17.2. The third-order valence-corrected chi connectivity index (χ3v) is 5.31. The van der Waals surface area contributed by atoms with E-state index in [1.54, 1.807) is 12.1 Å². The first-order valence-corrected chi connectivity index (χ1v) is 10.1. The minimum absolute atomic E-state index is 0.00616. The third kappa shape index (κ3) is 5.69. The predicted octanol–water partition coefficient (Wildman–Crippen LogP) is 2.10. The summed E-state index contributed by atoms with van der Waals surface area (Å²) in [6, 6.07) is 7.52. The number of anilines is 1. The Morgan fingerprint density at radius 2 is 1.83 bits per heavy atom. The molecule has 1 aliphatic rings. The summed E-state index contributed by atoms with van der Waals surface area (Å²) in [5.41, 5.74) is 7.21. The average molecular weight is 436 g/mol. The molecule has 0 aliphatic carbocycles. The predicted molar refractivity (Wildman–Crippen MR) is 114 cm³/mol. The summed E-state index contributed by atoms with van der Waals surface area (Å²) in [7, 11) is 0. The van der Waals surface area contributed by atoms with Crippen LogP contribution >= 0.6 is 11.6 Å². The van der Waals surface area contributed by atoms with E-state index in [-0.39, 0.29) is 53.0 Å². The number of aliphatic hydroxyl groups is 1. The number of halogens is 1. The van der Waals surface area contributed by atoms with Crippen molar-refractivity contribution < 1.29 is 24.9 Å². The molecule has 1 saturated heterocycles. The van der Waals surface area contributed by atoms with E-state index in [4.69, 9.17) is 27.2 Å². The number of carbonyl (C=O) groups is 1. The van der Waals surface area contributed by atoms with E-state index < -0.39 is 0 Å². The first kappa shape index (κ1) is 22.0. The first-order chi connectivity index (χ1) is 14.4. The van der Waals surface area contributed by atoms with Crippen LogP contribution in [0.3, 0.4) is 0 Å². The Kier molecular flexibility index (Phi) is 7.25. The van der Waals surface area contributed by atoms with Crippen molar-refractivity contribution in [2.24, 2.45) is 0 Å². The molecule has 1 amide bonds. The zero-order chi connectivity index (χ0) is 21.7. The fourth-order valence-electron chi connectivity index (χ4n) is 3.53. The highest BCUT2D eigenvalue weighted by atomic mass is 35.5. The molecule has 30 heavy (non-hydrogen) atoms. The number of piperidine rings is 1. The van der Waals surface area contributed by atoms with Crippen LogP contribution in [0, 0.1) is 0 Å². The average Bonchev–Trinajstić information content (AvgIpc) is 2.69. The van der Waals surface area contributed by atoms with Gasteiger partial charge in [-0.2, -0.15) is 0 Å². The van der Waals surface area contributed by atoms with Gasteiger partial charge < -0.3 is 31.1 Å². The van der Waals surface area contributed by atoms with Crippen molar-refractivity contribution in [2.45, 2.75) is 25.4 Å². The normalized spacial score (nSPS) is 15.1. The van der Waals surface area contributed by atoms with Crippen LogP contribution in [0.5, 0.6) is 17.2 Å². The van der Waals surface area contributed by atoms with E-state index in [1.807, 2.05) is 0 Å². The van der Waals surface area contributed by atoms with E-state index in [1.165, 1.54) is 18.2 Å². The van der Waals surface area contributed by atoms with Gasteiger partial charge in [-0.1, -0.05) is 11.6 Å². The molecule has 0 spiro atoms. The van der Waals surface area contributed by atoms with E-state index >= 15 is 0 Å². The van der Waals surface area contributed by atoms with Crippen LogP contribution < -0.4 is 15.8 Å². The monoisotopic (exact) mass is 435 g/mol. The van der Waals surface area contributed by atoms with Crippen molar-refractivity contribution in [1.82, 2.24) is 10.2 Å². The van der Waals surface area contributed by atoms with Gasteiger partial charge in [0.2, 0.25) is 0 Å². The number of likely N-dealkylation sites (tertiary alicyclic amines) is 1. The Morgan fingerprint density at radius 1 is 1.17 bits per heavy atom. The molecule has 0 bridgehead atoms. The molecule has 1 aliphatic heterocycles. The molecule has 2 aromatic carbocycles. The number of nitrogens with two attached hydrogens (primary N) is 1. The van der Waals surface area contributed by atoms with Crippen molar-refractivity contribution in [3.05, 3.63) is 46.5 Å². The number of nitrogens with one attached hydrogen (secondary N) is 1. The lowest BCUT2D eigenvalue weighted by Crippen LogP contribution is -2.44. The molecule has 1 fully saturated rings. The minimum atomic E-state index is -0.304. The number of rotatable bonds is 7. The molecule has 6 N–H and O–H groups in total. The number of phenols is 2. The van der Waals surface area contributed by atoms with Crippen molar-refractivity contribution in [2.75, 3.05) is 32.0 Å². The molecule has 8 nitrogen and oxygen atoms in total. The summed E-state index contributed by atoms with van der Waals surface area (Å²) in [6.07, 6.45) is 1.51. The van der Waals surface area contributed by atoms with Crippen LogP contribution in [0.1, 0.15) is 28.8 Å². The van der Waals surface area contributed by atoms with E-state index in [2.05, 4.69) is 10.2 Å². The van der Waals surface area contributed by atoms with Crippen molar-refractivity contribution in [3.63, 3.8) is 0 Å². The molecule has 3 rings (SSSR count). The molecule has 162 valence electrons. The SMILES string of the molecule is Nc1cc(OCCO)c(C(=O)NC2CCN(Cc3cc(O)cc(O)c3)CC2)cc1Cl. The highest BCUT2D eigenvalue weighted by Crippen LogP contribution is 2.29. The summed E-state index contributed by atoms with van der Waals surface area (Å²) in [6.45, 7) is 1.99. The second-order valence-electron chi connectivity index (χ2n) is 7.32. The molecule has 0 unspecified atom stereocenters. The fourth-order valence-corrected chi connectivity index (χ4v) is 3.69. The number of carbonyl (C=O) groups excluding carboxylic acids is 1. The Labute approximate surface area is 179 Å². The largest absolute Gasteiger partial charge is 0.508 e. The number of ether oxygens (including phenoxy) is 1. The lowest BCUT2D eigenvalue weighted by molar-refractivity contribution is 0.0903. The maximum Gasteiger partial charge on any atom is 0.255 e. The number of benzene rings is 2. The number of nitrogens with zero attached hydrogens (tertiary/aromatic N) is 1. The number of aliphatic hydroxyl groups excluding tert-OH is 1. The van der Waals surface area contributed by atoms with Gasteiger partial charge in [-0.3, -0.25) is 9.69 Å². The molecular weight excluding hydrogens is 410 g/mol. The van der Waals surface area contributed by atoms with Gasteiger partial charge in [-0.15, -0.1) is 0 Å². The molecule has 0 radical (unpaired) electrons. The minimum Gasteiger partial charge on any atom is -0.508 e. The summed E-state index contributed by atoms with van der Waals surface area (Å²) >= 11 is 6.07. The topological polar surface area (TPSA) is 128 Å². The molecular formula is C21H26ClN3O5. The second-order valence-corrected chi connectivity index (χ2v) is 7.73. The number of hydrogen-bond donors (Lipinski definition) is 5. The molecule has 0 saturated carbocycles. The van der Waals surface area contributed by atoms with Gasteiger partial charge in [0.25, 0.3) is 5.91 Å². The zero-order valence-electron chi connectivity index (χ0n) is 16.5. The Hall–Kier alpha value is -2.68. The van der Waals surface area contributed by atoms with Gasteiger partial charge in [-0.05, 0) is 36.6 Å². The van der Waals surface area contributed by atoms with Crippen LogP contribution in [0.25, 0.3) is 0 Å². The highest BCUT2D eigenvalue weighted by Gasteiger charge is 2.23. The molecule has 0 atom stereocenters. The fraction of sp³-hybridized carbons (Fsp3) is 0.381. The van der Waals surface area contributed by atoms with Crippen molar-refractivity contribution >= 4 is 23.2 Å². The van der Waals surface area contributed by atoms with Crippen LogP contribution in [0.4, 0.5) is 5.69 Å². The van der Waals surface area contributed by atoms with Gasteiger partial charge in [0, 0.05) is 37.8 Å². The van der Waals surface area contributed by atoms with Gasteiger partial charge in [0.15, 0.2) is 0 Å². The Morgan fingerprint density at radius 3 is 2.47 bits per heavy atom. The number of amides is 1. The second kappa shape index (κ2) is 9.88. The van der Waals surface area contributed by atoms with Crippen LogP contribution in [-0.2, 0) is 6.54 Å². The quantitative estimate of drug-likeness (QED) is 0.421. The lowest BCUT2D eigenvalue weighted by atomic mass is 10.0. The van der Waals surface area contributed by atoms with Crippen LogP contribution in [-0.4, -0.2) is 58.5 Å². The first-order valence-electron chi connectivity index (χ1n) is 9.73. The molecule has 9 heteroatoms. The van der Waals surface area contributed by atoms with Gasteiger partial charge in [0.05, 0.1) is 22.9 Å². The number of hydrogen-bond acceptors (Lipinski definition) is 7. The summed E-state index contributed by atoms with van der Waals surface area (Å²) < 4.78 is 5.44. The van der Waals surface area contributed by atoms with Crippen molar-refractivity contribution in [1.29, 1.82) is 0 Å². The number of phenolic OH excluding ortho intramolecular Hbond substituents is 2. The van der Waals surface area contributed by atoms with E-state index in [0.717, 1.165) is 31.5 Å².